The number of rotatable bonds is 6. The van der Waals surface area contributed by atoms with Gasteiger partial charge in [-0.15, -0.1) is 5.10 Å². The third-order valence-electron chi connectivity index (χ3n) is 5.34. The summed E-state index contributed by atoms with van der Waals surface area (Å²) >= 11 is 1.29. The van der Waals surface area contributed by atoms with Gasteiger partial charge in [0.2, 0.25) is 11.1 Å². The fourth-order valence-corrected chi connectivity index (χ4v) is 4.05. The highest BCUT2D eigenvalue weighted by atomic mass is 32.2. The Morgan fingerprint density at radius 1 is 0.938 bits per heavy atom. The minimum atomic E-state index is -0.140. The Balaban J connectivity index is 1.46. The molecule has 1 N–H and O–H groups in total. The van der Waals surface area contributed by atoms with Crippen LogP contribution in [-0.4, -0.2) is 41.6 Å². The summed E-state index contributed by atoms with van der Waals surface area (Å²) in [7, 11) is 0. The van der Waals surface area contributed by atoms with Gasteiger partial charge in [0, 0.05) is 0 Å². The Kier molecular flexibility index (Phi) is 6.09. The first-order valence-electron chi connectivity index (χ1n) is 10.3. The molecule has 4 aromatic rings. The SMILES string of the molecule is Cc1ccc(-n2nc(C)c(NC(=O)CSc3nnnn3-c3ccc(C)c(C)c3)c2C)cc1. The van der Waals surface area contributed by atoms with E-state index in [-0.39, 0.29) is 11.7 Å². The molecule has 0 fully saturated rings. The Morgan fingerprint density at radius 2 is 1.66 bits per heavy atom. The minimum absolute atomic E-state index is 0.140. The molecule has 0 saturated heterocycles. The predicted octanol–water partition coefficient (Wildman–Crippen LogP) is 4.12. The van der Waals surface area contributed by atoms with Gasteiger partial charge in [0.05, 0.1) is 34.2 Å². The quantitative estimate of drug-likeness (QED) is 0.447. The Labute approximate surface area is 191 Å². The zero-order chi connectivity index (χ0) is 22.8. The number of aromatic nitrogens is 6. The van der Waals surface area contributed by atoms with Crippen LogP contribution in [0, 0.1) is 34.6 Å². The third kappa shape index (κ3) is 4.43. The number of nitrogens with zero attached hydrogens (tertiary/aromatic N) is 6. The van der Waals surface area contributed by atoms with E-state index in [0.29, 0.717) is 5.16 Å². The Bertz CT molecular complexity index is 1270. The molecular formula is C23H25N7OS. The Hall–Kier alpha value is -3.46. The second kappa shape index (κ2) is 8.96. The summed E-state index contributed by atoms with van der Waals surface area (Å²) in [6.07, 6.45) is 0. The molecule has 2 aromatic heterocycles. The second-order valence-corrected chi connectivity index (χ2v) is 8.71. The molecule has 0 aliphatic heterocycles. The zero-order valence-electron chi connectivity index (χ0n) is 18.7. The lowest BCUT2D eigenvalue weighted by molar-refractivity contribution is -0.113. The van der Waals surface area contributed by atoms with E-state index in [1.54, 1.807) is 4.68 Å². The highest BCUT2D eigenvalue weighted by Gasteiger charge is 2.17. The van der Waals surface area contributed by atoms with Crippen molar-refractivity contribution in [3.05, 3.63) is 70.5 Å². The molecule has 2 aromatic carbocycles. The van der Waals surface area contributed by atoms with Crippen LogP contribution in [-0.2, 0) is 4.79 Å². The van der Waals surface area contributed by atoms with Crippen LogP contribution in [0.25, 0.3) is 11.4 Å². The number of thioether (sulfide) groups is 1. The topological polar surface area (TPSA) is 90.5 Å². The van der Waals surface area contributed by atoms with Crippen LogP contribution in [0.4, 0.5) is 5.69 Å². The molecule has 8 nitrogen and oxygen atoms in total. The molecule has 1 amide bonds. The van der Waals surface area contributed by atoms with Crippen molar-refractivity contribution in [3.63, 3.8) is 0 Å². The van der Waals surface area contributed by atoms with Gasteiger partial charge in [0.1, 0.15) is 0 Å². The fraction of sp³-hybridized carbons (Fsp3) is 0.261. The number of carbonyl (C=O) groups excluding carboxylic acids is 1. The summed E-state index contributed by atoms with van der Waals surface area (Å²) in [5.74, 6) is 0.0408. The first-order valence-corrected chi connectivity index (χ1v) is 11.2. The second-order valence-electron chi connectivity index (χ2n) is 7.77. The van der Waals surface area contributed by atoms with Crippen molar-refractivity contribution in [2.75, 3.05) is 11.1 Å². The van der Waals surface area contributed by atoms with Crippen LogP contribution in [0.5, 0.6) is 0 Å². The molecule has 9 heteroatoms. The molecule has 0 saturated carbocycles. The Morgan fingerprint density at radius 3 is 2.38 bits per heavy atom. The number of benzene rings is 2. The highest BCUT2D eigenvalue weighted by molar-refractivity contribution is 7.99. The van der Waals surface area contributed by atoms with E-state index < -0.39 is 0 Å². The summed E-state index contributed by atoms with van der Waals surface area (Å²) in [5, 5.41) is 20.1. The van der Waals surface area contributed by atoms with Crippen molar-refractivity contribution in [1.82, 2.24) is 30.0 Å². The monoisotopic (exact) mass is 447 g/mol. The minimum Gasteiger partial charge on any atom is -0.322 e. The lowest BCUT2D eigenvalue weighted by Crippen LogP contribution is -2.16. The van der Waals surface area contributed by atoms with Gasteiger partial charge >= 0.3 is 0 Å². The van der Waals surface area contributed by atoms with Gasteiger partial charge in [-0.1, -0.05) is 35.5 Å². The smallest absolute Gasteiger partial charge is 0.234 e. The van der Waals surface area contributed by atoms with Crippen LogP contribution in [0.1, 0.15) is 28.1 Å². The molecule has 4 rings (SSSR count). The number of tetrazole rings is 1. The maximum atomic E-state index is 12.7. The number of carbonyl (C=O) groups is 1. The van der Waals surface area contributed by atoms with E-state index in [2.05, 4.69) is 32.9 Å². The zero-order valence-corrected chi connectivity index (χ0v) is 19.6. The molecule has 32 heavy (non-hydrogen) atoms. The van der Waals surface area contributed by atoms with Crippen LogP contribution in [0.3, 0.4) is 0 Å². The molecule has 2 heterocycles. The molecule has 0 unspecified atom stereocenters. The average Bonchev–Trinajstić information content (AvgIpc) is 3.35. The van der Waals surface area contributed by atoms with Crippen molar-refractivity contribution in [2.45, 2.75) is 39.8 Å². The molecular weight excluding hydrogens is 422 g/mol. The van der Waals surface area contributed by atoms with Gasteiger partial charge in [-0.3, -0.25) is 4.79 Å². The van der Waals surface area contributed by atoms with Crippen LogP contribution in [0.2, 0.25) is 0 Å². The first-order chi connectivity index (χ1) is 15.3. The summed E-state index contributed by atoms with van der Waals surface area (Å²) in [6, 6.07) is 14.1. The van der Waals surface area contributed by atoms with Crippen molar-refractivity contribution < 1.29 is 4.79 Å². The molecule has 0 bridgehead atoms. The number of aryl methyl sites for hydroxylation is 4. The van der Waals surface area contributed by atoms with Gasteiger partial charge < -0.3 is 5.32 Å². The van der Waals surface area contributed by atoms with E-state index in [0.717, 1.165) is 34.0 Å². The van der Waals surface area contributed by atoms with Crippen molar-refractivity contribution in [2.24, 2.45) is 0 Å². The first kappa shape index (κ1) is 21.8. The van der Waals surface area contributed by atoms with Gasteiger partial charge in [-0.25, -0.2) is 4.68 Å². The standard InChI is InChI=1S/C23H25N7OS/c1-14-6-9-19(10-7-14)29-18(5)22(17(4)26-29)24-21(31)13-32-23-25-27-28-30(23)20-11-8-15(2)16(3)12-20/h6-12H,13H2,1-5H3,(H,24,31). The number of anilines is 1. The molecule has 0 aliphatic carbocycles. The van der Waals surface area contributed by atoms with Gasteiger partial charge in [-0.2, -0.15) is 9.78 Å². The summed E-state index contributed by atoms with van der Waals surface area (Å²) in [5.41, 5.74) is 7.74. The van der Waals surface area contributed by atoms with Crippen LogP contribution in [0.15, 0.2) is 47.6 Å². The molecule has 0 atom stereocenters. The van der Waals surface area contributed by atoms with Crippen LogP contribution < -0.4 is 5.32 Å². The van der Waals surface area contributed by atoms with E-state index in [9.17, 15) is 4.79 Å². The lowest BCUT2D eigenvalue weighted by atomic mass is 10.1. The van der Waals surface area contributed by atoms with Gasteiger partial charge in [0.15, 0.2) is 0 Å². The van der Waals surface area contributed by atoms with Crippen molar-refractivity contribution in [3.8, 4) is 11.4 Å². The molecule has 164 valence electrons. The maximum absolute atomic E-state index is 12.7. The third-order valence-corrected chi connectivity index (χ3v) is 6.26. The van der Waals surface area contributed by atoms with Gasteiger partial charge in [0.25, 0.3) is 0 Å². The van der Waals surface area contributed by atoms with E-state index >= 15 is 0 Å². The lowest BCUT2D eigenvalue weighted by Gasteiger charge is -2.08. The molecule has 0 aliphatic rings. The van der Waals surface area contributed by atoms with E-state index in [1.165, 1.54) is 22.9 Å². The van der Waals surface area contributed by atoms with E-state index in [4.69, 9.17) is 0 Å². The fourth-order valence-electron chi connectivity index (χ4n) is 3.35. The molecule has 0 spiro atoms. The van der Waals surface area contributed by atoms with Crippen LogP contribution >= 0.6 is 11.8 Å². The number of amides is 1. The van der Waals surface area contributed by atoms with Crippen molar-refractivity contribution in [1.29, 1.82) is 0 Å². The number of hydrogen-bond acceptors (Lipinski definition) is 6. The molecule has 0 radical (unpaired) electrons. The summed E-state index contributed by atoms with van der Waals surface area (Å²) < 4.78 is 3.49. The normalized spacial score (nSPS) is 11.0. The average molecular weight is 448 g/mol. The van der Waals surface area contributed by atoms with E-state index in [1.807, 2.05) is 74.8 Å². The van der Waals surface area contributed by atoms with Gasteiger partial charge in [-0.05, 0) is 80.4 Å². The maximum Gasteiger partial charge on any atom is 0.234 e. The van der Waals surface area contributed by atoms with Crippen molar-refractivity contribution >= 4 is 23.4 Å². The summed E-state index contributed by atoms with van der Waals surface area (Å²) in [6.45, 7) is 9.99. The number of nitrogens with one attached hydrogen (secondary N) is 1. The number of hydrogen-bond donors (Lipinski definition) is 1. The largest absolute Gasteiger partial charge is 0.322 e. The summed E-state index contributed by atoms with van der Waals surface area (Å²) in [4.78, 5) is 12.7. The highest BCUT2D eigenvalue weighted by Crippen LogP contribution is 2.24. The predicted molar refractivity (Wildman–Crippen MR) is 126 cm³/mol.